The van der Waals surface area contributed by atoms with Crippen LogP contribution in [0.2, 0.25) is 0 Å². The lowest BCUT2D eigenvalue weighted by Crippen LogP contribution is -2.32. The van der Waals surface area contributed by atoms with Crippen LogP contribution in [0.1, 0.15) is 22.0 Å². The molecule has 0 radical (unpaired) electrons. The number of benzene rings is 2. The average molecular weight is 268 g/mol. The zero-order chi connectivity index (χ0) is 14.1. The number of anilines is 2. The summed E-state index contributed by atoms with van der Waals surface area (Å²) in [6.45, 7) is 0. The molecule has 1 unspecified atom stereocenters. The van der Waals surface area contributed by atoms with Gasteiger partial charge in [-0.3, -0.25) is 4.79 Å². The molecule has 1 aliphatic heterocycles. The Labute approximate surface area is 115 Å². The van der Waals surface area contributed by atoms with Crippen LogP contribution in [0, 0.1) is 0 Å². The lowest BCUT2D eigenvalue weighted by atomic mass is 10.0. The van der Waals surface area contributed by atoms with Gasteiger partial charge in [-0.05, 0) is 23.8 Å². The largest absolute Gasteiger partial charge is 0.478 e. The minimum Gasteiger partial charge on any atom is -0.478 e. The number of carboxylic acid groups (broad SMARTS) is 1. The van der Waals surface area contributed by atoms with Crippen molar-refractivity contribution in [2.75, 3.05) is 10.6 Å². The molecule has 20 heavy (non-hydrogen) atoms. The van der Waals surface area contributed by atoms with Crippen molar-refractivity contribution in [3.63, 3.8) is 0 Å². The minimum atomic E-state index is -0.997. The zero-order valence-corrected chi connectivity index (χ0v) is 10.5. The van der Waals surface area contributed by atoms with Crippen LogP contribution in [-0.4, -0.2) is 17.0 Å². The lowest BCUT2D eigenvalue weighted by Gasteiger charge is -2.27. The standard InChI is InChI=1S/C15H12N2O3/c18-14-13(9-4-2-1-3-5-9)16-12-8-10(15(19)20)6-7-11(12)17-14/h1-8,13,16H,(H,17,18)(H,19,20). The molecule has 1 atom stereocenters. The molecule has 1 heterocycles. The summed E-state index contributed by atoms with van der Waals surface area (Å²) < 4.78 is 0. The van der Waals surface area contributed by atoms with Gasteiger partial charge in [0.1, 0.15) is 6.04 Å². The Morgan fingerprint density at radius 1 is 1.05 bits per heavy atom. The van der Waals surface area contributed by atoms with Gasteiger partial charge >= 0.3 is 5.97 Å². The summed E-state index contributed by atoms with van der Waals surface area (Å²) in [5, 5.41) is 14.9. The maximum Gasteiger partial charge on any atom is 0.335 e. The number of hydrogen-bond donors (Lipinski definition) is 3. The number of amides is 1. The molecule has 5 nitrogen and oxygen atoms in total. The van der Waals surface area contributed by atoms with Crippen LogP contribution in [-0.2, 0) is 4.79 Å². The molecule has 1 amide bonds. The van der Waals surface area contributed by atoms with E-state index in [0.29, 0.717) is 11.4 Å². The Morgan fingerprint density at radius 3 is 2.50 bits per heavy atom. The second kappa shape index (κ2) is 4.70. The molecule has 100 valence electrons. The van der Waals surface area contributed by atoms with Gasteiger partial charge in [-0.15, -0.1) is 0 Å². The van der Waals surface area contributed by atoms with Crippen LogP contribution >= 0.6 is 0 Å². The number of carbonyl (C=O) groups excluding carboxylic acids is 1. The van der Waals surface area contributed by atoms with Gasteiger partial charge in [0.15, 0.2) is 0 Å². The third-order valence-corrected chi connectivity index (χ3v) is 3.22. The molecule has 0 aliphatic carbocycles. The van der Waals surface area contributed by atoms with Gasteiger partial charge < -0.3 is 15.7 Å². The molecule has 2 aromatic carbocycles. The maximum atomic E-state index is 12.1. The highest BCUT2D eigenvalue weighted by molar-refractivity contribution is 6.04. The highest BCUT2D eigenvalue weighted by Gasteiger charge is 2.27. The van der Waals surface area contributed by atoms with Gasteiger partial charge in [-0.1, -0.05) is 30.3 Å². The van der Waals surface area contributed by atoms with Crippen LogP contribution in [0.15, 0.2) is 48.5 Å². The van der Waals surface area contributed by atoms with Crippen molar-refractivity contribution in [1.29, 1.82) is 0 Å². The van der Waals surface area contributed by atoms with Gasteiger partial charge in [0.25, 0.3) is 5.91 Å². The number of hydrogen-bond acceptors (Lipinski definition) is 3. The fraction of sp³-hybridized carbons (Fsp3) is 0.0667. The number of rotatable bonds is 2. The van der Waals surface area contributed by atoms with Crippen molar-refractivity contribution in [2.24, 2.45) is 0 Å². The molecular weight excluding hydrogens is 256 g/mol. The first-order valence-electron chi connectivity index (χ1n) is 6.15. The summed E-state index contributed by atoms with van der Waals surface area (Å²) >= 11 is 0. The van der Waals surface area contributed by atoms with Crippen molar-refractivity contribution in [3.8, 4) is 0 Å². The van der Waals surface area contributed by atoms with E-state index in [4.69, 9.17) is 5.11 Å². The van der Waals surface area contributed by atoms with Gasteiger partial charge in [-0.25, -0.2) is 4.79 Å². The normalized spacial score (nSPS) is 16.8. The Morgan fingerprint density at radius 2 is 1.80 bits per heavy atom. The van der Waals surface area contributed by atoms with E-state index in [1.165, 1.54) is 12.1 Å². The van der Waals surface area contributed by atoms with E-state index in [0.717, 1.165) is 5.56 Å². The Hall–Kier alpha value is -2.82. The zero-order valence-electron chi connectivity index (χ0n) is 10.5. The van der Waals surface area contributed by atoms with E-state index < -0.39 is 12.0 Å². The molecule has 1 aliphatic rings. The third kappa shape index (κ3) is 2.09. The number of nitrogens with one attached hydrogen (secondary N) is 2. The molecule has 5 heteroatoms. The molecule has 0 bridgehead atoms. The molecule has 0 aromatic heterocycles. The first-order chi connectivity index (χ1) is 9.65. The predicted octanol–water partition coefficient (Wildman–Crippen LogP) is 2.49. The number of carboxylic acids is 1. The van der Waals surface area contributed by atoms with Crippen LogP contribution < -0.4 is 10.6 Å². The van der Waals surface area contributed by atoms with Crippen LogP contribution in [0.25, 0.3) is 0 Å². The van der Waals surface area contributed by atoms with E-state index in [1.807, 2.05) is 30.3 Å². The summed E-state index contributed by atoms with van der Waals surface area (Å²) in [7, 11) is 0. The average Bonchev–Trinajstić information content (AvgIpc) is 2.47. The predicted molar refractivity (Wildman–Crippen MR) is 74.8 cm³/mol. The van der Waals surface area contributed by atoms with Crippen molar-refractivity contribution < 1.29 is 14.7 Å². The lowest BCUT2D eigenvalue weighted by molar-refractivity contribution is -0.117. The number of carbonyl (C=O) groups is 2. The summed E-state index contributed by atoms with van der Waals surface area (Å²) in [5.41, 5.74) is 2.21. The van der Waals surface area contributed by atoms with Gasteiger partial charge in [0, 0.05) is 0 Å². The SMILES string of the molecule is O=C(O)c1ccc2c(c1)NC(c1ccccc1)C(=O)N2. The molecule has 3 rings (SSSR count). The molecule has 3 N–H and O–H groups in total. The van der Waals surface area contributed by atoms with E-state index >= 15 is 0 Å². The fourth-order valence-electron chi connectivity index (χ4n) is 2.21. The van der Waals surface area contributed by atoms with Crippen molar-refractivity contribution in [2.45, 2.75) is 6.04 Å². The van der Waals surface area contributed by atoms with Crippen molar-refractivity contribution in [3.05, 3.63) is 59.7 Å². The van der Waals surface area contributed by atoms with E-state index in [1.54, 1.807) is 6.07 Å². The molecule has 0 saturated heterocycles. The van der Waals surface area contributed by atoms with Crippen molar-refractivity contribution in [1.82, 2.24) is 0 Å². The molecule has 2 aromatic rings. The molecule has 0 saturated carbocycles. The molecular formula is C15H12N2O3. The Balaban J connectivity index is 1.98. The minimum absolute atomic E-state index is 0.160. The molecule has 0 fully saturated rings. The first kappa shape index (κ1) is 12.2. The van der Waals surface area contributed by atoms with Crippen LogP contribution in [0.5, 0.6) is 0 Å². The summed E-state index contributed by atoms with van der Waals surface area (Å²) in [6.07, 6.45) is 0. The third-order valence-electron chi connectivity index (χ3n) is 3.22. The smallest absolute Gasteiger partial charge is 0.335 e. The second-order valence-electron chi connectivity index (χ2n) is 4.54. The van der Waals surface area contributed by atoms with E-state index in [9.17, 15) is 9.59 Å². The first-order valence-corrected chi connectivity index (χ1v) is 6.15. The summed E-state index contributed by atoms with van der Waals surface area (Å²) in [4.78, 5) is 23.1. The monoisotopic (exact) mass is 268 g/mol. The summed E-state index contributed by atoms with van der Waals surface area (Å²) in [5.74, 6) is -1.16. The van der Waals surface area contributed by atoms with Gasteiger partial charge in [0.05, 0.1) is 16.9 Å². The topological polar surface area (TPSA) is 78.4 Å². The van der Waals surface area contributed by atoms with Gasteiger partial charge in [-0.2, -0.15) is 0 Å². The number of fused-ring (bicyclic) bond motifs is 1. The second-order valence-corrected chi connectivity index (χ2v) is 4.54. The quantitative estimate of drug-likeness (QED) is 0.782. The van der Waals surface area contributed by atoms with Gasteiger partial charge in [0.2, 0.25) is 0 Å². The van der Waals surface area contributed by atoms with E-state index in [-0.39, 0.29) is 11.5 Å². The maximum absolute atomic E-state index is 12.1. The number of aromatic carboxylic acids is 1. The Kier molecular flexibility index (Phi) is 2.87. The highest BCUT2D eigenvalue weighted by atomic mass is 16.4. The highest BCUT2D eigenvalue weighted by Crippen LogP contribution is 2.32. The molecule has 0 spiro atoms. The van der Waals surface area contributed by atoms with Crippen LogP contribution in [0.3, 0.4) is 0 Å². The van der Waals surface area contributed by atoms with Crippen LogP contribution in [0.4, 0.5) is 11.4 Å². The van der Waals surface area contributed by atoms with Crippen molar-refractivity contribution >= 4 is 23.3 Å². The fourth-order valence-corrected chi connectivity index (χ4v) is 2.21. The summed E-state index contributed by atoms with van der Waals surface area (Å²) in [6, 6.07) is 13.3. The Bertz CT molecular complexity index is 683. The van der Waals surface area contributed by atoms with E-state index in [2.05, 4.69) is 10.6 Å².